The molecule has 1 aliphatic rings. The molecule has 0 saturated carbocycles. The molecule has 2 aromatic carbocycles. The lowest BCUT2D eigenvalue weighted by atomic mass is 10.1. The second-order valence-electron chi connectivity index (χ2n) is 5.16. The smallest absolute Gasteiger partial charge is 0.321 e. The number of urea groups is 1. The SMILES string of the molecule is CCc1ccccc1OS(=O)c1ccc(N2CCNC2=O)cc1. The Morgan fingerprint density at radius 3 is 2.57 bits per heavy atom. The highest BCUT2D eigenvalue weighted by Crippen LogP contribution is 2.23. The molecule has 120 valence electrons. The molecule has 0 spiro atoms. The lowest BCUT2D eigenvalue weighted by Gasteiger charge is -2.14. The zero-order valence-electron chi connectivity index (χ0n) is 12.8. The van der Waals surface area contributed by atoms with Crippen LogP contribution in [0.25, 0.3) is 0 Å². The molecule has 1 heterocycles. The van der Waals surface area contributed by atoms with Gasteiger partial charge in [-0.25, -0.2) is 9.00 Å². The van der Waals surface area contributed by atoms with Gasteiger partial charge in [0.1, 0.15) is 5.75 Å². The van der Waals surface area contributed by atoms with Crippen molar-refractivity contribution in [3.63, 3.8) is 0 Å². The van der Waals surface area contributed by atoms with Gasteiger partial charge >= 0.3 is 6.03 Å². The number of carbonyl (C=O) groups excluding carboxylic acids is 1. The summed E-state index contributed by atoms with van der Waals surface area (Å²) >= 11 is -1.58. The monoisotopic (exact) mass is 330 g/mol. The molecule has 0 radical (unpaired) electrons. The van der Waals surface area contributed by atoms with Gasteiger partial charge in [0.2, 0.25) is 11.1 Å². The molecule has 2 aromatic rings. The van der Waals surface area contributed by atoms with Crippen molar-refractivity contribution in [1.29, 1.82) is 0 Å². The molecular weight excluding hydrogens is 312 g/mol. The van der Waals surface area contributed by atoms with E-state index in [1.54, 1.807) is 29.2 Å². The molecule has 5 nitrogen and oxygen atoms in total. The maximum atomic E-state index is 12.4. The first kappa shape index (κ1) is 15.6. The Kier molecular flexibility index (Phi) is 4.62. The van der Waals surface area contributed by atoms with E-state index in [0.717, 1.165) is 17.7 Å². The van der Waals surface area contributed by atoms with Gasteiger partial charge < -0.3 is 9.50 Å². The van der Waals surface area contributed by atoms with Crippen LogP contribution in [0.4, 0.5) is 10.5 Å². The molecular formula is C17H18N2O3S. The van der Waals surface area contributed by atoms with Crippen molar-refractivity contribution in [2.24, 2.45) is 0 Å². The molecule has 0 aromatic heterocycles. The molecule has 1 unspecified atom stereocenters. The predicted octanol–water partition coefficient (Wildman–Crippen LogP) is 2.88. The Hall–Kier alpha value is -2.34. The lowest BCUT2D eigenvalue weighted by Crippen LogP contribution is -2.27. The second kappa shape index (κ2) is 6.83. The molecule has 6 heteroatoms. The summed E-state index contributed by atoms with van der Waals surface area (Å²) in [5.74, 6) is 0.635. The minimum absolute atomic E-state index is 0.105. The Balaban J connectivity index is 1.74. The van der Waals surface area contributed by atoms with Crippen molar-refractivity contribution in [1.82, 2.24) is 5.32 Å². The Bertz CT molecular complexity index is 731. The number of hydrogen-bond donors (Lipinski definition) is 1. The molecule has 0 bridgehead atoms. The maximum absolute atomic E-state index is 12.4. The summed E-state index contributed by atoms with van der Waals surface area (Å²) in [5.41, 5.74) is 1.81. The van der Waals surface area contributed by atoms with Crippen molar-refractivity contribution in [3.8, 4) is 5.75 Å². The van der Waals surface area contributed by atoms with E-state index < -0.39 is 11.1 Å². The van der Waals surface area contributed by atoms with Gasteiger partial charge in [0.05, 0.1) is 4.90 Å². The number of amides is 2. The molecule has 1 aliphatic heterocycles. The van der Waals surface area contributed by atoms with E-state index in [4.69, 9.17) is 4.18 Å². The third-order valence-corrected chi connectivity index (χ3v) is 4.70. The van der Waals surface area contributed by atoms with Gasteiger partial charge in [-0.1, -0.05) is 25.1 Å². The van der Waals surface area contributed by atoms with Gasteiger partial charge in [0.15, 0.2) is 0 Å². The minimum atomic E-state index is -1.58. The Morgan fingerprint density at radius 1 is 1.17 bits per heavy atom. The third kappa shape index (κ3) is 3.37. The van der Waals surface area contributed by atoms with E-state index in [1.165, 1.54) is 0 Å². The zero-order valence-corrected chi connectivity index (χ0v) is 13.6. The van der Waals surface area contributed by atoms with Gasteiger partial charge in [-0.15, -0.1) is 0 Å². The predicted molar refractivity (Wildman–Crippen MR) is 90.0 cm³/mol. The van der Waals surface area contributed by atoms with E-state index >= 15 is 0 Å². The number of para-hydroxylation sites is 1. The van der Waals surface area contributed by atoms with Crippen molar-refractivity contribution >= 4 is 22.8 Å². The van der Waals surface area contributed by atoms with Crippen molar-refractivity contribution in [3.05, 3.63) is 54.1 Å². The number of benzene rings is 2. The summed E-state index contributed by atoms with van der Waals surface area (Å²) in [6, 6.07) is 14.5. The number of carbonyl (C=O) groups is 1. The number of aryl methyl sites for hydroxylation is 1. The van der Waals surface area contributed by atoms with Crippen LogP contribution >= 0.6 is 0 Å². The van der Waals surface area contributed by atoms with Crippen LogP contribution in [0, 0.1) is 0 Å². The number of nitrogens with zero attached hydrogens (tertiary/aromatic N) is 1. The summed E-state index contributed by atoms with van der Waals surface area (Å²) in [6.07, 6.45) is 0.816. The average Bonchev–Trinajstić information content (AvgIpc) is 3.01. The van der Waals surface area contributed by atoms with Crippen molar-refractivity contribution < 1.29 is 13.2 Å². The van der Waals surface area contributed by atoms with Crippen LogP contribution in [0.5, 0.6) is 5.75 Å². The minimum Gasteiger partial charge on any atom is -0.397 e. The highest BCUT2D eigenvalue weighted by atomic mass is 32.2. The molecule has 1 fully saturated rings. The molecule has 23 heavy (non-hydrogen) atoms. The summed E-state index contributed by atoms with van der Waals surface area (Å²) < 4.78 is 18.0. The Morgan fingerprint density at radius 2 is 1.91 bits per heavy atom. The van der Waals surface area contributed by atoms with E-state index in [0.29, 0.717) is 23.7 Å². The number of hydrogen-bond acceptors (Lipinski definition) is 3. The van der Waals surface area contributed by atoms with Crippen LogP contribution in [-0.2, 0) is 17.5 Å². The van der Waals surface area contributed by atoms with E-state index in [2.05, 4.69) is 5.32 Å². The van der Waals surface area contributed by atoms with Gasteiger partial charge in [-0.05, 0) is 42.3 Å². The summed E-state index contributed by atoms with van der Waals surface area (Å²) in [5, 5.41) is 2.75. The van der Waals surface area contributed by atoms with Crippen LogP contribution in [-0.4, -0.2) is 23.3 Å². The molecule has 1 atom stereocenters. The molecule has 2 amide bonds. The number of anilines is 1. The number of nitrogens with one attached hydrogen (secondary N) is 1. The lowest BCUT2D eigenvalue weighted by molar-refractivity contribution is 0.252. The number of rotatable bonds is 5. The average molecular weight is 330 g/mol. The van der Waals surface area contributed by atoms with Gasteiger partial charge in [0, 0.05) is 18.8 Å². The van der Waals surface area contributed by atoms with Crippen LogP contribution in [0.1, 0.15) is 12.5 Å². The summed E-state index contributed by atoms with van der Waals surface area (Å²) in [7, 11) is 0. The largest absolute Gasteiger partial charge is 0.397 e. The standard InChI is InChI=1S/C17H18N2O3S/c1-2-13-5-3-4-6-16(13)22-23(21)15-9-7-14(8-10-15)19-12-11-18-17(19)20/h3-10H,2,11-12H2,1H3,(H,18,20). The van der Waals surface area contributed by atoms with Crippen molar-refractivity contribution in [2.45, 2.75) is 18.2 Å². The molecule has 0 aliphatic carbocycles. The van der Waals surface area contributed by atoms with E-state index in [1.807, 2.05) is 31.2 Å². The Labute approximate surface area is 137 Å². The van der Waals surface area contributed by atoms with Gasteiger partial charge in [0.25, 0.3) is 0 Å². The fourth-order valence-corrected chi connectivity index (χ4v) is 3.24. The van der Waals surface area contributed by atoms with E-state index in [-0.39, 0.29) is 6.03 Å². The normalized spacial score (nSPS) is 15.3. The van der Waals surface area contributed by atoms with Crippen LogP contribution in [0.2, 0.25) is 0 Å². The van der Waals surface area contributed by atoms with Crippen LogP contribution in [0.3, 0.4) is 0 Å². The van der Waals surface area contributed by atoms with Crippen LogP contribution < -0.4 is 14.4 Å². The highest BCUT2D eigenvalue weighted by Gasteiger charge is 2.21. The molecule has 1 saturated heterocycles. The fourth-order valence-electron chi connectivity index (χ4n) is 2.46. The topological polar surface area (TPSA) is 58.6 Å². The molecule has 3 rings (SSSR count). The third-order valence-electron chi connectivity index (χ3n) is 3.72. The maximum Gasteiger partial charge on any atom is 0.321 e. The van der Waals surface area contributed by atoms with E-state index in [9.17, 15) is 9.00 Å². The molecule has 1 N–H and O–H groups in total. The first-order valence-corrected chi connectivity index (χ1v) is 8.60. The van der Waals surface area contributed by atoms with Gasteiger partial charge in [-0.3, -0.25) is 4.90 Å². The zero-order chi connectivity index (χ0) is 16.2. The summed E-state index contributed by atoms with van der Waals surface area (Å²) in [6.45, 7) is 3.31. The first-order chi connectivity index (χ1) is 11.2. The summed E-state index contributed by atoms with van der Waals surface area (Å²) in [4.78, 5) is 13.9. The first-order valence-electron chi connectivity index (χ1n) is 7.52. The highest BCUT2D eigenvalue weighted by molar-refractivity contribution is 7.80. The van der Waals surface area contributed by atoms with Crippen molar-refractivity contribution in [2.75, 3.05) is 18.0 Å². The second-order valence-corrected chi connectivity index (χ2v) is 6.26. The quantitative estimate of drug-likeness (QED) is 0.917. The fraction of sp³-hybridized carbons (Fsp3) is 0.235. The van der Waals surface area contributed by atoms with Crippen LogP contribution in [0.15, 0.2) is 53.4 Å². The van der Waals surface area contributed by atoms with Gasteiger partial charge in [-0.2, -0.15) is 0 Å².